The molecule has 1 saturated carbocycles. The summed E-state index contributed by atoms with van der Waals surface area (Å²) >= 11 is 0. The van der Waals surface area contributed by atoms with Crippen molar-refractivity contribution < 1.29 is 4.92 Å². The van der Waals surface area contributed by atoms with Crippen molar-refractivity contribution in [2.45, 2.75) is 18.9 Å². The van der Waals surface area contributed by atoms with Crippen LogP contribution in [0.25, 0.3) is 10.9 Å². The Kier molecular flexibility index (Phi) is 1.59. The number of rotatable bonds is 2. The second kappa shape index (κ2) is 2.82. The second-order valence-electron chi connectivity index (χ2n) is 3.95. The first kappa shape index (κ1) is 8.47. The molecule has 1 aliphatic rings. The van der Waals surface area contributed by atoms with Gasteiger partial charge in [0.1, 0.15) is 0 Å². The number of nitrogens with zero attached hydrogens (tertiary/aromatic N) is 2. The van der Waals surface area contributed by atoms with Crippen LogP contribution in [0.1, 0.15) is 18.9 Å². The molecule has 1 aromatic carbocycles. The molecular formula is C11H10N2O2. The van der Waals surface area contributed by atoms with E-state index < -0.39 is 0 Å². The summed E-state index contributed by atoms with van der Waals surface area (Å²) < 4.78 is 2.21. The SMILES string of the molecule is O=[N+]([O-])c1ccc2c(ccn2C2CC2)c1. The summed E-state index contributed by atoms with van der Waals surface area (Å²) in [4.78, 5) is 10.2. The molecule has 2 aromatic rings. The molecule has 1 aliphatic carbocycles. The highest BCUT2D eigenvalue weighted by molar-refractivity contribution is 5.82. The number of hydrogen-bond acceptors (Lipinski definition) is 2. The van der Waals surface area contributed by atoms with Crippen LogP contribution in [0, 0.1) is 10.1 Å². The van der Waals surface area contributed by atoms with Gasteiger partial charge in [0.2, 0.25) is 0 Å². The van der Waals surface area contributed by atoms with Crippen molar-refractivity contribution >= 4 is 16.6 Å². The van der Waals surface area contributed by atoms with Gasteiger partial charge in [0.05, 0.1) is 4.92 Å². The summed E-state index contributed by atoms with van der Waals surface area (Å²) in [5, 5.41) is 11.6. The van der Waals surface area contributed by atoms with Crippen LogP contribution in [0.3, 0.4) is 0 Å². The third kappa shape index (κ3) is 1.29. The van der Waals surface area contributed by atoms with Gasteiger partial charge in [-0.1, -0.05) is 0 Å². The van der Waals surface area contributed by atoms with E-state index in [-0.39, 0.29) is 10.6 Å². The fourth-order valence-electron chi connectivity index (χ4n) is 1.94. The Hall–Kier alpha value is -1.84. The normalized spacial score (nSPS) is 15.7. The van der Waals surface area contributed by atoms with E-state index in [9.17, 15) is 10.1 Å². The predicted octanol–water partition coefficient (Wildman–Crippen LogP) is 2.88. The summed E-state index contributed by atoms with van der Waals surface area (Å²) in [7, 11) is 0. The van der Waals surface area contributed by atoms with Crippen molar-refractivity contribution in [3.63, 3.8) is 0 Å². The fourth-order valence-corrected chi connectivity index (χ4v) is 1.94. The average molecular weight is 202 g/mol. The summed E-state index contributed by atoms with van der Waals surface area (Å²) in [6.07, 6.45) is 4.47. The van der Waals surface area contributed by atoms with Crippen LogP contribution in [0.4, 0.5) is 5.69 Å². The van der Waals surface area contributed by atoms with E-state index in [1.54, 1.807) is 12.1 Å². The second-order valence-corrected chi connectivity index (χ2v) is 3.95. The lowest BCUT2D eigenvalue weighted by atomic mass is 10.2. The number of non-ortho nitro benzene ring substituents is 1. The fraction of sp³-hybridized carbons (Fsp3) is 0.273. The molecule has 0 bridgehead atoms. The van der Waals surface area contributed by atoms with E-state index in [1.807, 2.05) is 18.3 Å². The van der Waals surface area contributed by atoms with Crippen molar-refractivity contribution in [2.24, 2.45) is 0 Å². The molecule has 0 saturated heterocycles. The van der Waals surface area contributed by atoms with Crippen LogP contribution >= 0.6 is 0 Å². The smallest absolute Gasteiger partial charge is 0.270 e. The highest BCUT2D eigenvalue weighted by atomic mass is 16.6. The number of benzene rings is 1. The van der Waals surface area contributed by atoms with E-state index in [0.717, 1.165) is 10.9 Å². The van der Waals surface area contributed by atoms with E-state index in [1.165, 1.54) is 12.8 Å². The van der Waals surface area contributed by atoms with Gasteiger partial charge in [0.15, 0.2) is 0 Å². The van der Waals surface area contributed by atoms with Gasteiger partial charge < -0.3 is 4.57 Å². The first-order valence-electron chi connectivity index (χ1n) is 5.01. The van der Waals surface area contributed by atoms with Gasteiger partial charge in [-0.05, 0) is 25.0 Å². The standard InChI is InChI=1S/C11H10N2O2/c14-13(15)10-3-4-11-8(7-10)5-6-12(11)9-1-2-9/h3-7,9H,1-2H2. The zero-order valence-corrected chi connectivity index (χ0v) is 8.09. The van der Waals surface area contributed by atoms with E-state index >= 15 is 0 Å². The molecule has 0 radical (unpaired) electrons. The average Bonchev–Trinajstić information content (AvgIpc) is 2.98. The van der Waals surface area contributed by atoms with Crippen molar-refractivity contribution in [3.8, 4) is 0 Å². The summed E-state index contributed by atoms with van der Waals surface area (Å²) in [6, 6.07) is 7.60. The van der Waals surface area contributed by atoms with Gasteiger partial charge in [-0.3, -0.25) is 10.1 Å². The molecule has 15 heavy (non-hydrogen) atoms. The van der Waals surface area contributed by atoms with Crippen molar-refractivity contribution in [1.82, 2.24) is 4.57 Å². The van der Waals surface area contributed by atoms with Crippen molar-refractivity contribution in [1.29, 1.82) is 0 Å². The van der Waals surface area contributed by atoms with Gasteiger partial charge in [0.25, 0.3) is 5.69 Å². The molecule has 0 N–H and O–H groups in total. The highest BCUT2D eigenvalue weighted by Crippen LogP contribution is 2.38. The van der Waals surface area contributed by atoms with Gasteiger partial charge in [-0.2, -0.15) is 0 Å². The van der Waals surface area contributed by atoms with Crippen molar-refractivity contribution in [3.05, 3.63) is 40.6 Å². The Morgan fingerprint density at radius 2 is 2.13 bits per heavy atom. The number of fused-ring (bicyclic) bond motifs is 1. The molecule has 0 aliphatic heterocycles. The molecular weight excluding hydrogens is 192 g/mol. The van der Waals surface area contributed by atoms with Crippen LogP contribution in [0.15, 0.2) is 30.5 Å². The molecule has 3 rings (SSSR count). The maximum absolute atomic E-state index is 10.6. The Labute approximate surface area is 86.3 Å². The van der Waals surface area contributed by atoms with E-state index in [4.69, 9.17) is 0 Å². The van der Waals surface area contributed by atoms with E-state index in [2.05, 4.69) is 4.57 Å². The zero-order valence-electron chi connectivity index (χ0n) is 8.09. The van der Waals surface area contributed by atoms with Gasteiger partial charge in [-0.25, -0.2) is 0 Å². The topological polar surface area (TPSA) is 48.1 Å². The molecule has 4 nitrogen and oxygen atoms in total. The van der Waals surface area contributed by atoms with Gasteiger partial charge >= 0.3 is 0 Å². The molecule has 0 unspecified atom stereocenters. The predicted molar refractivity (Wildman–Crippen MR) is 56.9 cm³/mol. The van der Waals surface area contributed by atoms with Crippen LogP contribution in [0.5, 0.6) is 0 Å². The van der Waals surface area contributed by atoms with Crippen LogP contribution < -0.4 is 0 Å². The summed E-state index contributed by atoms with van der Waals surface area (Å²) in [6.45, 7) is 0. The monoisotopic (exact) mass is 202 g/mol. The molecule has 0 spiro atoms. The molecule has 0 atom stereocenters. The quantitative estimate of drug-likeness (QED) is 0.555. The third-order valence-electron chi connectivity index (χ3n) is 2.86. The van der Waals surface area contributed by atoms with Crippen LogP contribution in [-0.4, -0.2) is 9.49 Å². The largest absolute Gasteiger partial charge is 0.344 e. The van der Waals surface area contributed by atoms with Crippen molar-refractivity contribution in [2.75, 3.05) is 0 Å². The first-order valence-corrected chi connectivity index (χ1v) is 5.01. The van der Waals surface area contributed by atoms with Gasteiger partial charge in [-0.15, -0.1) is 0 Å². The Balaban J connectivity index is 2.17. The first-order chi connectivity index (χ1) is 7.25. The molecule has 1 aromatic heterocycles. The van der Waals surface area contributed by atoms with Crippen LogP contribution in [-0.2, 0) is 0 Å². The van der Waals surface area contributed by atoms with E-state index in [0.29, 0.717) is 6.04 Å². The van der Waals surface area contributed by atoms with Gasteiger partial charge in [0, 0.05) is 35.3 Å². The lowest BCUT2D eigenvalue weighted by Crippen LogP contribution is -1.91. The Morgan fingerprint density at radius 1 is 1.33 bits per heavy atom. The number of hydrogen-bond donors (Lipinski definition) is 0. The number of aromatic nitrogens is 1. The molecule has 0 amide bonds. The number of nitro groups is 1. The molecule has 76 valence electrons. The van der Waals surface area contributed by atoms with Crippen LogP contribution in [0.2, 0.25) is 0 Å². The minimum atomic E-state index is -0.353. The maximum atomic E-state index is 10.6. The molecule has 1 heterocycles. The lowest BCUT2D eigenvalue weighted by Gasteiger charge is -2.01. The summed E-state index contributed by atoms with van der Waals surface area (Å²) in [5.41, 5.74) is 1.26. The Bertz CT molecular complexity index is 541. The molecule has 1 fully saturated rings. The third-order valence-corrected chi connectivity index (χ3v) is 2.86. The number of nitro benzene ring substituents is 1. The highest BCUT2D eigenvalue weighted by Gasteiger charge is 2.24. The zero-order chi connectivity index (χ0) is 10.4. The summed E-state index contributed by atoms with van der Waals surface area (Å²) in [5.74, 6) is 0. The minimum Gasteiger partial charge on any atom is -0.344 e. The maximum Gasteiger partial charge on any atom is 0.270 e. The Morgan fingerprint density at radius 3 is 2.80 bits per heavy atom. The minimum absolute atomic E-state index is 0.163. The molecule has 4 heteroatoms. The lowest BCUT2D eigenvalue weighted by molar-refractivity contribution is -0.384.